The molecule has 0 bridgehead atoms. The quantitative estimate of drug-likeness (QED) is 0.834. The zero-order valence-corrected chi connectivity index (χ0v) is 13.0. The second-order valence-electron chi connectivity index (χ2n) is 5.63. The van der Waals surface area contributed by atoms with Gasteiger partial charge in [0.2, 0.25) is 11.8 Å². The third-order valence-electron chi connectivity index (χ3n) is 2.71. The highest BCUT2D eigenvalue weighted by molar-refractivity contribution is 8.01. The predicted octanol–water partition coefficient (Wildman–Crippen LogP) is 0.882. The van der Waals surface area contributed by atoms with E-state index in [1.165, 1.54) is 0 Å². The van der Waals surface area contributed by atoms with Crippen molar-refractivity contribution in [3.05, 3.63) is 0 Å². The third-order valence-corrected chi connectivity index (χ3v) is 3.98. The van der Waals surface area contributed by atoms with Gasteiger partial charge in [0.25, 0.3) is 0 Å². The Morgan fingerprint density at radius 3 is 2.42 bits per heavy atom. The van der Waals surface area contributed by atoms with E-state index < -0.39 is 6.04 Å². The first-order chi connectivity index (χ1) is 8.79. The second-order valence-corrected chi connectivity index (χ2v) is 7.43. The molecule has 0 aromatic rings. The van der Waals surface area contributed by atoms with E-state index in [0.29, 0.717) is 32.1 Å². The van der Waals surface area contributed by atoms with E-state index in [1.807, 2.05) is 0 Å². The van der Waals surface area contributed by atoms with Crippen molar-refractivity contribution in [2.45, 2.75) is 38.5 Å². The summed E-state index contributed by atoms with van der Waals surface area (Å²) in [4.78, 5) is 25.6. The molecule has 1 unspecified atom stereocenters. The van der Waals surface area contributed by atoms with Gasteiger partial charge < -0.3 is 15.0 Å². The van der Waals surface area contributed by atoms with Gasteiger partial charge in [0.1, 0.15) is 6.04 Å². The molecule has 1 aliphatic heterocycles. The lowest BCUT2D eigenvalue weighted by Crippen LogP contribution is -2.50. The molecule has 19 heavy (non-hydrogen) atoms. The van der Waals surface area contributed by atoms with Crippen molar-refractivity contribution >= 4 is 23.6 Å². The van der Waals surface area contributed by atoms with E-state index >= 15 is 0 Å². The molecule has 1 aliphatic rings. The summed E-state index contributed by atoms with van der Waals surface area (Å²) in [5, 5.41) is 2.76. The molecule has 1 atom stereocenters. The first-order valence-electron chi connectivity index (χ1n) is 6.59. The number of nitrogens with one attached hydrogen (secondary N) is 1. The Balaban J connectivity index is 2.34. The van der Waals surface area contributed by atoms with Gasteiger partial charge in [-0.3, -0.25) is 9.59 Å². The number of rotatable bonds is 4. The zero-order chi connectivity index (χ0) is 14.5. The topological polar surface area (TPSA) is 58.6 Å². The number of thioether (sulfide) groups is 1. The molecule has 0 radical (unpaired) electrons. The van der Waals surface area contributed by atoms with Gasteiger partial charge in [-0.15, -0.1) is 11.8 Å². The highest BCUT2D eigenvalue weighted by Gasteiger charge is 2.24. The zero-order valence-electron chi connectivity index (χ0n) is 12.2. The van der Waals surface area contributed by atoms with Crippen LogP contribution in [-0.2, 0) is 14.3 Å². The maximum Gasteiger partial charge on any atom is 0.245 e. The van der Waals surface area contributed by atoms with E-state index in [4.69, 9.17) is 4.74 Å². The Labute approximate surface area is 119 Å². The first-order valence-corrected chi connectivity index (χ1v) is 7.58. The van der Waals surface area contributed by atoms with Crippen molar-refractivity contribution in [1.29, 1.82) is 0 Å². The molecule has 1 N–H and O–H groups in total. The average Bonchev–Trinajstić information content (AvgIpc) is 2.35. The number of morpholine rings is 1. The molecule has 1 fully saturated rings. The van der Waals surface area contributed by atoms with Crippen LogP contribution in [-0.4, -0.2) is 59.6 Å². The maximum atomic E-state index is 12.1. The molecule has 110 valence electrons. The Morgan fingerprint density at radius 2 is 1.89 bits per heavy atom. The fourth-order valence-electron chi connectivity index (χ4n) is 1.68. The number of carbonyl (C=O) groups excluding carboxylic acids is 2. The molecule has 0 aliphatic carbocycles. The summed E-state index contributed by atoms with van der Waals surface area (Å²) >= 11 is 1.57. The summed E-state index contributed by atoms with van der Waals surface area (Å²) < 4.78 is 5.25. The van der Waals surface area contributed by atoms with Gasteiger partial charge >= 0.3 is 0 Å². The van der Waals surface area contributed by atoms with Crippen molar-refractivity contribution in [3.8, 4) is 0 Å². The first kappa shape index (κ1) is 16.3. The smallest absolute Gasteiger partial charge is 0.245 e. The molecule has 0 saturated carbocycles. The van der Waals surface area contributed by atoms with Gasteiger partial charge in [-0.2, -0.15) is 0 Å². The second kappa shape index (κ2) is 7.14. The largest absolute Gasteiger partial charge is 0.378 e. The number of carbonyl (C=O) groups is 2. The highest BCUT2D eigenvalue weighted by Crippen LogP contribution is 2.22. The maximum absolute atomic E-state index is 12.1. The minimum absolute atomic E-state index is 0.0302. The van der Waals surface area contributed by atoms with Crippen molar-refractivity contribution in [3.63, 3.8) is 0 Å². The monoisotopic (exact) mass is 288 g/mol. The van der Waals surface area contributed by atoms with E-state index in [-0.39, 0.29) is 16.6 Å². The Bertz CT molecular complexity index is 322. The normalized spacial score (nSPS) is 18.0. The molecule has 2 amide bonds. The summed E-state index contributed by atoms with van der Waals surface area (Å²) in [5.41, 5.74) is 0. The summed E-state index contributed by atoms with van der Waals surface area (Å²) in [7, 11) is 0. The molecule has 1 saturated heterocycles. The lowest BCUT2D eigenvalue weighted by molar-refractivity contribution is -0.139. The van der Waals surface area contributed by atoms with Gasteiger partial charge in [0.15, 0.2) is 0 Å². The Morgan fingerprint density at radius 1 is 1.32 bits per heavy atom. The molecule has 5 nitrogen and oxygen atoms in total. The van der Waals surface area contributed by atoms with Crippen LogP contribution in [0.1, 0.15) is 27.7 Å². The molecule has 1 heterocycles. The van der Waals surface area contributed by atoms with Crippen LogP contribution in [0, 0.1) is 0 Å². The van der Waals surface area contributed by atoms with E-state index in [1.54, 1.807) is 23.6 Å². The molecule has 6 heteroatoms. The fourth-order valence-corrected chi connectivity index (χ4v) is 2.33. The van der Waals surface area contributed by atoms with E-state index in [9.17, 15) is 9.59 Å². The van der Waals surface area contributed by atoms with Gasteiger partial charge in [0.05, 0.1) is 19.0 Å². The summed E-state index contributed by atoms with van der Waals surface area (Å²) in [6.45, 7) is 10.3. The third kappa shape index (κ3) is 6.29. The number of ether oxygens (including phenoxy) is 1. The fraction of sp³-hybridized carbons (Fsp3) is 0.846. The van der Waals surface area contributed by atoms with E-state index in [0.717, 1.165) is 0 Å². The van der Waals surface area contributed by atoms with Gasteiger partial charge in [0, 0.05) is 17.8 Å². The highest BCUT2D eigenvalue weighted by atomic mass is 32.2. The van der Waals surface area contributed by atoms with Crippen LogP contribution in [0.5, 0.6) is 0 Å². The van der Waals surface area contributed by atoms with Gasteiger partial charge in [-0.05, 0) is 6.92 Å². The van der Waals surface area contributed by atoms with Crippen molar-refractivity contribution < 1.29 is 14.3 Å². The predicted molar refractivity (Wildman–Crippen MR) is 77.2 cm³/mol. The molecule has 0 aromatic heterocycles. The lowest BCUT2D eigenvalue weighted by atomic mass is 10.2. The van der Waals surface area contributed by atoms with Crippen LogP contribution < -0.4 is 5.32 Å². The Hall–Kier alpha value is -0.750. The van der Waals surface area contributed by atoms with Crippen LogP contribution in [0.25, 0.3) is 0 Å². The average molecular weight is 288 g/mol. The summed E-state index contributed by atoms with van der Waals surface area (Å²) in [6, 6.07) is -0.467. The van der Waals surface area contributed by atoms with Crippen LogP contribution in [0.2, 0.25) is 0 Å². The molecular weight excluding hydrogens is 264 g/mol. The van der Waals surface area contributed by atoms with E-state index in [2.05, 4.69) is 26.1 Å². The Kier molecular flexibility index (Phi) is 6.13. The molecule has 0 spiro atoms. The lowest BCUT2D eigenvalue weighted by Gasteiger charge is -2.29. The SMILES string of the molecule is CC(NC(=O)CSC(C)(C)C)C(=O)N1CCOCC1. The standard InChI is InChI=1S/C13H24N2O3S/c1-10(12(17)15-5-7-18-8-6-15)14-11(16)9-19-13(2,3)4/h10H,5-9H2,1-4H3,(H,14,16). The minimum Gasteiger partial charge on any atom is -0.378 e. The summed E-state index contributed by atoms with van der Waals surface area (Å²) in [5.74, 6) is 0.260. The summed E-state index contributed by atoms with van der Waals surface area (Å²) in [6.07, 6.45) is 0. The number of nitrogens with zero attached hydrogens (tertiary/aromatic N) is 1. The molecular formula is C13H24N2O3S. The number of hydrogen-bond donors (Lipinski definition) is 1. The van der Waals surface area contributed by atoms with Crippen molar-refractivity contribution in [2.75, 3.05) is 32.1 Å². The molecule has 0 aromatic carbocycles. The van der Waals surface area contributed by atoms with Crippen LogP contribution >= 0.6 is 11.8 Å². The minimum atomic E-state index is -0.467. The molecule has 1 rings (SSSR count). The van der Waals surface area contributed by atoms with Crippen LogP contribution in [0.15, 0.2) is 0 Å². The van der Waals surface area contributed by atoms with Gasteiger partial charge in [-0.1, -0.05) is 20.8 Å². The number of amides is 2. The van der Waals surface area contributed by atoms with Crippen molar-refractivity contribution in [2.24, 2.45) is 0 Å². The van der Waals surface area contributed by atoms with Gasteiger partial charge in [-0.25, -0.2) is 0 Å². The van der Waals surface area contributed by atoms with Crippen LogP contribution in [0.4, 0.5) is 0 Å². The van der Waals surface area contributed by atoms with Crippen molar-refractivity contribution in [1.82, 2.24) is 10.2 Å². The van der Waals surface area contributed by atoms with Crippen LogP contribution in [0.3, 0.4) is 0 Å². The number of hydrogen-bond acceptors (Lipinski definition) is 4.